The molecule has 0 amide bonds. The van der Waals surface area contributed by atoms with Crippen LogP contribution in [0.25, 0.3) is 0 Å². The molecule has 0 atom stereocenters. The van der Waals surface area contributed by atoms with Crippen molar-refractivity contribution in [1.82, 2.24) is 0 Å². The van der Waals surface area contributed by atoms with Crippen molar-refractivity contribution in [3.8, 4) is 0 Å². The summed E-state index contributed by atoms with van der Waals surface area (Å²) in [6.45, 7) is 0. The Morgan fingerprint density at radius 2 is 0.812 bits per heavy atom. The van der Waals surface area contributed by atoms with Crippen molar-refractivity contribution < 1.29 is 62.0 Å². The van der Waals surface area contributed by atoms with E-state index in [-0.39, 0.29) is 62.0 Å². The molecule has 0 saturated carbocycles. The molecule has 2 aromatic rings. The maximum absolute atomic E-state index is 2.24. The van der Waals surface area contributed by atoms with Crippen molar-refractivity contribution in [3.05, 3.63) is 70.8 Å². The molecule has 0 aromatic heterocycles. The van der Waals surface area contributed by atoms with Crippen molar-refractivity contribution in [2.24, 2.45) is 0 Å². The zero-order valence-electron chi connectivity index (χ0n) is 12.0. The molecule has 1 aliphatic rings. The number of hydrogen-bond donors (Lipinski definition) is 0. The average molecular weight is 228 g/mol. The molecule has 0 fully saturated rings. The molecule has 2 heteroatoms. The second kappa shape index (κ2) is 6.39. The first-order valence-corrected chi connectivity index (χ1v) is 5.07. The normalized spacial score (nSPS) is 11.5. The molecule has 16 heavy (non-hydrogen) atoms. The van der Waals surface area contributed by atoms with E-state index in [0.29, 0.717) is 0 Å². The van der Waals surface area contributed by atoms with Gasteiger partial charge in [0.2, 0.25) is 0 Å². The van der Waals surface area contributed by atoms with Crippen molar-refractivity contribution in [2.45, 2.75) is 12.8 Å². The molecule has 72 valence electrons. The largest absolute Gasteiger partial charge is 1.00 e. The Bertz CT molecular complexity index is 399. The van der Waals surface area contributed by atoms with E-state index in [4.69, 9.17) is 0 Å². The van der Waals surface area contributed by atoms with E-state index in [1.54, 1.807) is 0 Å². The Balaban J connectivity index is 0. The Kier molecular flexibility index (Phi) is 5.79. The molecule has 0 heterocycles. The van der Waals surface area contributed by atoms with E-state index >= 15 is 0 Å². The smallest absolute Gasteiger partial charge is 1.00 e. The first-order valence-electron chi connectivity index (χ1n) is 5.07. The van der Waals surface area contributed by atoms with E-state index < -0.39 is 0 Å². The van der Waals surface area contributed by atoms with Gasteiger partial charge in [-0.25, -0.2) is 0 Å². The van der Waals surface area contributed by atoms with Gasteiger partial charge in [-0.15, -0.1) is 0 Å². The third-order valence-electron chi connectivity index (χ3n) is 3.00. The molecule has 3 rings (SSSR count). The van der Waals surface area contributed by atoms with Gasteiger partial charge in [0.25, 0.3) is 0 Å². The number of fused-ring (bicyclic) bond motifs is 2. The van der Waals surface area contributed by atoms with Gasteiger partial charge >= 0.3 is 59.1 Å². The zero-order valence-corrected chi connectivity index (χ0v) is 14.0. The molecular weight excluding hydrogens is 214 g/mol. The van der Waals surface area contributed by atoms with Crippen molar-refractivity contribution >= 4 is 0 Å². The number of benzene rings is 2. The van der Waals surface area contributed by atoms with Crippen LogP contribution in [0.4, 0.5) is 0 Å². The molecule has 0 radical (unpaired) electrons. The standard InChI is InChI=1S/C14H12.2Na.2H/c1-2-6-12-10-14-8-4-3-7-13(14)9-11(12)5-1;;;;/h1-8H,9-10H2;;;;/q;2*+1;2*-1. The minimum Gasteiger partial charge on any atom is -1.00 e. The van der Waals surface area contributed by atoms with Crippen molar-refractivity contribution in [1.29, 1.82) is 0 Å². The Labute approximate surface area is 144 Å². The van der Waals surface area contributed by atoms with Gasteiger partial charge in [-0.05, 0) is 35.1 Å². The fraction of sp³-hybridized carbons (Fsp3) is 0.143. The second-order valence-electron chi connectivity index (χ2n) is 3.89. The molecule has 1 aliphatic carbocycles. The van der Waals surface area contributed by atoms with Crippen LogP contribution < -0.4 is 59.1 Å². The van der Waals surface area contributed by atoms with Gasteiger partial charge in [0, 0.05) is 0 Å². The van der Waals surface area contributed by atoms with Crippen LogP contribution in [-0.2, 0) is 12.8 Å². The summed E-state index contributed by atoms with van der Waals surface area (Å²) >= 11 is 0. The summed E-state index contributed by atoms with van der Waals surface area (Å²) in [5.41, 5.74) is 5.97. The molecule has 0 N–H and O–H groups in total. The molecule has 0 saturated heterocycles. The summed E-state index contributed by atoms with van der Waals surface area (Å²) in [6.07, 6.45) is 2.21. The van der Waals surface area contributed by atoms with Crippen molar-refractivity contribution in [3.63, 3.8) is 0 Å². The second-order valence-corrected chi connectivity index (χ2v) is 3.89. The van der Waals surface area contributed by atoms with Crippen LogP contribution in [-0.4, -0.2) is 0 Å². The molecule has 0 bridgehead atoms. The minimum atomic E-state index is 0. The summed E-state index contributed by atoms with van der Waals surface area (Å²) in [5, 5.41) is 0. The SMILES string of the molecule is [H-].[H-].[Na+].[Na+].c1ccc2c(c1)Cc1ccccc1C2. The molecule has 0 unspecified atom stereocenters. The van der Waals surface area contributed by atoms with Crippen LogP contribution in [0, 0.1) is 0 Å². The average Bonchev–Trinajstić information content (AvgIpc) is 2.26. The topological polar surface area (TPSA) is 0 Å². The summed E-state index contributed by atoms with van der Waals surface area (Å²) in [4.78, 5) is 0. The predicted octanol–water partition coefficient (Wildman–Crippen LogP) is -2.59. The number of hydrogen-bond acceptors (Lipinski definition) is 0. The molecule has 2 aromatic carbocycles. The maximum Gasteiger partial charge on any atom is 1.00 e. The molecule has 0 nitrogen and oxygen atoms in total. The summed E-state index contributed by atoms with van der Waals surface area (Å²) in [7, 11) is 0. The van der Waals surface area contributed by atoms with E-state index in [2.05, 4.69) is 48.5 Å². The van der Waals surface area contributed by atoms with E-state index in [1.807, 2.05) is 0 Å². The Morgan fingerprint density at radius 1 is 0.562 bits per heavy atom. The third-order valence-corrected chi connectivity index (χ3v) is 3.00. The third kappa shape index (κ3) is 2.81. The van der Waals surface area contributed by atoms with E-state index in [0.717, 1.165) is 12.8 Å². The quantitative estimate of drug-likeness (QED) is 0.371. The predicted molar refractivity (Wildman–Crippen MR) is 60.7 cm³/mol. The van der Waals surface area contributed by atoms with Crippen LogP contribution in [0.2, 0.25) is 0 Å². The summed E-state index contributed by atoms with van der Waals surface area (Å²) < 4.78 is 0. The molecule has 0 aliphatic heterocycles. The van der Waals surface area contributed by atoms with Crippen LogP contribution in [0.3, 0.4) is 0 Å². The van der Waals surface area contributed by atoms with Crippen LogP contribution in [0.5, 0.6) is 0 Å². The van der Waals surface area contributed by atoms with Gasteiger partial charge in [-0.2, -0.15) is 0 Å². The first kappa shape index (κ1) is 14.5. The Hall–Kier alpha value is 0.440. The van der Waals surface area contributed by atoms with E-state index in [1.165, 1.54) is 22.3 Å². The Morgan fingerprint density at radius 3 is 1.06 bits per heavy atom. The monoisotopic (exact) mass is 228 g/mol. The fourth-order valence-corrected chi connectivity index (χ4v) is 2.22. The van der Waals surface area contributed by atoms with Gasteiger partial charge in [0.15, 0.2) is 0 Å². The minimum absolute atomic E-state index is 0. The van der Waals surface area contributed by atoms with Gasteiger partial charge in [0.05, 0.1) is 0 Å². The maximum atomic E-state index is 2.24. The van der Waals surface area contributed by atoms with Crippen LogP contribution in [0.15, 0.2) is 48.5 Å². The van der Waals surface area contributed by atoms with Gasteiger partial charge < -0.3 is 2.85 Å². The molecule has 0 spiro atoms. The van der Waals surface area contributed by atoms with Gasteiger partial charge in [-0.3, -0.25) is 0 Å². The number of rotatable bonds is 0. The zero-order chi connectivity index (χ0) is 9.38. The van der Waals surface area contributed by atoms with Crippen LogP contribution >= 0.6 is 0 Å². The summed E-state index contributed by atoms with van der Waals surface area (Å²) in [5.74, 6) is 0. The first-order chi connectivity index (χ1) is 6.93. The van der Waals surface area contributed by atoms with Crippen LogP contribution in [0.1, 0.15) is 25.1 Å². The van der Waals surface area contributed by atoms with E-state index in [9.17, 15) is 0 Å². The van der Waals surface area contributed by atoms with Gasteiger partial charge in [0.1, 0.15) is 0 Å². The fourth-order valence-electron chi connectivity index (χ4n) is 2.22. The van der Waals surface area contributed by atoms with Gasteiger partial charge in [-0.1, -0.05) is 48.5 Å². The molecular formula is C14H14Na2. The summed E-state index contributed by atoms with van der Waals surface area (Å²) in [6, 6.07) is 17.5. The van der Waals surface area contributed by atoms with Crippen molar-refractivity contribution in [2.75, 3.05) is 0 Å².